The van der Waals surface area contributed by atoms with Crippen molar-refractivity contribution >= 4 is 18.0 Å². The highest BCUT2D eigenvalue weighted by atomic mass is 16.6. The first kappa shape index (κ1) is 31.9. The number of esters is 2. The van der Waals surface area contributed by atoms with Gasteiger partial charge in [0.05, 0.1) is 13.7 Å². The largest absolute Gasteiger partial charge is 0.466 e. The molecule has 198 valence electrons. The molecule has 0 aliphatic rings. The van der Waals surface area contributed by atoms with E-state index in [4.69, 9.17) is 9.47 Å². The summed E-state index contributed by atoms with van der Waals surface area (Å²) < 4.78 is 15.0. The van der Waals surface area contributed by atoms with Crippen LogP contribution in [0.2, 0.25) is 0 Å². The van der Waals surface area contributed by atoms with Gasteiger partial charge in [-0.2, -0.15) is 0 Å². The van der Waals surface area contributed by atoms with Gasteiger partial charge in [-0.15, -0.1) is 0 Å². The van der Waals surface area contributed by atoms with Gasteiger partial charge in [0, 0.05) is 6.42 Å². The van der Waals surface area contributed by atoms with E-state index in [1.165, 1.54) is 52.1 Å². The van der Waals surface area contributed by atoms with Crippen molar-refractivity contribution in [2.45, 2.75) is 129 Å². The summed E-state index contributed by atoms with van der Waals surface area (Å²) in [6.45, 7) is 7.25. The van der Waals surface area contributed by atoms with Crippen LogP contribution in [0.4, 0.5) is 4.79 Å². The molecule has 34 heavy (non-hydrogen) atoms. The lowest BCUT2D eigenvalue weighted by Gasteiger charge is -2.21. The molecule has 1 N–H and O–H groups in total. The molecule has 1 unspecified atom stereocenters. The molecule has 0 aliphatic heterocycles. The van der Waals surface area contributed by atoms with Crippen LogP contribution < -0.4 is 5.32 Å². The molecule has 0 heterocycles. The molecular formula is C27H49NO6. The molecule has 0 spiro atoms. The van der Waals surface area contributed by atoms with E-state index < -0.39 is 29.7 Å². The number of ether oxygens (including phenoxy) is 3. The van der Waals surface area contributed by atoms with Crippen molar-refractivity contribution in [2.75, 3.05) is 13.7 Å². The first-order valence-corrected chi connectivity index (χ1v) is 13.1. The Balaban J connectivity index is 3.86. The van der Waals surface area contributed by atoms with Gasteiger partial charge in [0.25, 0.3) is 0 Å². The second-order valence-electron chi connectivity index (χ2n) is 9.72. The minimum atomic E-state index is -1.19. The number of nitrogens with one attached hydrogen (secondary N) is 1. The topological polar surface area (TPSA) is 90.9 Å². The van der Waals surface area contributed by atoms with Crippen LogP contribution in [0.1, 0.15) is 118 Å². The number of carbonyl (C=O) groups excluding carboxylic acids is 3. The highest BCUT2D eigenvalue weighted by Gasteiger charge is 2.25. The number of alkyl carbamates (subject to hydrolysis) is 1. The average Bonchev–Trinajstić information content (AvgIpc) is 2.77. The van der Waals surface area contributed by atoms with E-state index in [2.05, 4.69) is 29.1 Å². The minimum absolute atomic E-state index is 0.195. The van der Waals surface area contributed by atoms with E-state index in [-0.39, 0.29) is 13.0 Å². The summed E-state index contributed by atoms with van der Waals surface area (Å²) in [7, 11) is 1.21. The van der Waals surface area contributed by atoms with Gasteiger partial charge in [-0.05, 0) is 52.9 Å². The van der Waals surface area contributed by atoms with Crippen LogP contribution in [0.25, 0.3) is 0 Å². The summed E-state index contributed by atoms with van der Waals surface area (Å²) in [4.78, 5) is 35.7. The molecule has 0 aromatic rings. The maximum Gasteiger partial charge on any atom is 0.407 e. The van der Waals surface area contributed by atoms with E-state index >= 15 is 0 Å². The monoisotopic (exact) mass is 483 g/mol. The highest BCUT2D eigenvalue weighted by Crippen LogP contribution is 2.11. The molecule has 0 bridgehead atoms. The number of rotatable bonds is 19. The third-order valence-corrected chi connectivity index (χ3v) is 5.21. The third-order valence-electron chi connectivity index (χ3n) is 5.21. The Morgan fingerprint density at radius 2 is 1.35 bits per heavy atom. The summed E-state index contributed by atoms with van der Waals surface area (Å²) in [6.07, 6.45) is 18.3. The molecule has 1 atom stereocenters. The summed E-state index contributed by atoms with van der Waals surface area (Å²) in [6, 6.07) is 0. The standard InChI is InChI=1S/C27H49NO6/c1-6-7-8-9-10-11-12-13-14-15-16-17-18-19-20-21-24(29)33-23(25(30)32-5)22-28-26(31)34-27(2,3)4/h13-14,23H,6-12,15-22H2,1-5H3,(H,28,31)/b14-13+. The number of amides is 1. The quantitative estimate of drug-likeness (QED) is 0.0959. The van der Waals surface area contributed by atoms with E-state index in [0.29, 0.717) is 6.42 Å². The summed E-state index contributed by atoms with van der Waals surface area (Å²) >= 11 is 0. The van der Waals surface area contributed by atoms with Gasteiger partial charge in [0.15, 0.2) is 0 Å². The highest BCUT2D eigenvalue weighted by molar-refractivity contribution is 5.80. The predicted octanol–water partition coefficient (Wildman–Crippen LogP) is 6.63. The van der Waals surface area contributed by atoms with Crippen LogP contribution in [0, 0.1) is 0 Å². The van der Waals surface area contributed by atoms with Crippen molar-refractivity contribution in [2.24, 2.45) is 0 Å². The Kier molecular flexibility index (Phi) is 19.1. The van der Waals surface area contributed by atoms with E-state index in [1.807, 2.05) is 0 Å². The fourth-order valence-electron chi connectivity index (χ4n) is 3.35. The van der Waals surface area contributed by atoms with Crippen LogP contribution in [-0.4, -0.2) is 43.4 Å². The molecule has 7 nitrogen and oxygen atoms in total. The van der Waals surface area contributed by atoms with E-state index in [0.717, 1.165) is 32.1 Å². The zero-order valence-electron chi connectivity index (χ0n) is 22.3. The minimum Gasteiger partial charge on any atom is -0.466 e. The summed E-state index contributed by atoms with van der Waals surface area (Å²) in [5.74, 6) is -1.19. The maximum atomic E-state index is 12.1. The number of methoxy groups -OCH3 is 1. The van der Waals surface area contributed by atoms with Crippen LogP contribution in [0.3, 0.4) is 0 Å². The molecule has 0 aliphatic carbocycles. The summed E-state index contributed by atoms with van der Waals surface area (Å²) in [5, 5.41) is 2.44. The Morgan fingerprint density at radius 3 is 1.88 bits per heavy atom. The van der Waals surface area contributed by atoms with Gasteiger partial charge < -0.3 is 19.5 Å². The first-order valence-electron chi connectivity index (χ1n) is 13.1. The number of hydrogen-bond donors (Lipinski definition) is 1. The lowest BCUT2D eigenvalue weighted by atomic mass is 10.1. The van der Waals surface area contributed by atoms with Gasteiger partial charge in [-0.3, -0.25) is 4.79 Å². The lowest BCUT2D eigenvalue weighted by molar-refractivity contribution is -0.165. The number of allylic oxidation sites excluding steroid dienone is 2. The zero-order chi connectivity index (χ0) is 25.7. The maximum absolute atomic E-state index is 12.1. The van der Waals surface area contributed by atoms with Crippen molar-refractivity contribution in [3.8, 4) is 0 Å². The van der Waals surface area contributed by atoms with Crippen molar-refractivity contribution in [3.63, 3.8) is 0 Å². The van der Waals surface area contributed by atoms with Crippen LogP contribution in [0.15, 0.2) is 12.2 Å². The normalized spacial score (nSPS) is 12.4. The van der Waals surface area contributed by atoms with E-state index in [1.54, 1.807) is 20.8 Å². The average molecular weight is 484 g/mol. The van der Waals surface area contributed by atoms with E-state index in [9.17, 15) is 14.4 Å². The second-order valence-corrected chi connectivity index (χ2v) is 9.72. The van der Waals surface area contributed by atoms with Crippen LogP contribution >= 0.6 is 0 Å². The zero-order valence-corrected chi connectivity index (χ0v) is 22.3. The summed E-state index contributed by atoms with van der Waals surface area (Å²) in [5.41, 5.74) is -0.661. The Morgan fingerprint density at radius 1 is 0.824 bits per heavy atom. The molecule has 0 saturated heterocycles. The lowest BCUT2D eigenvalue weighted by Crippen LogP contribution is -2.42. The molecule has 0 rings (SSSR count). The Hall–Kier alpha value is -2.05. The second kappa shape index (κ2) is 20.3. The number of carbonyl (C=O) groups is 3. The first-order chi connectivity index (χ1) is 16.2. The van der Waals surface area contributed by atoms with Gasteiger partial charge in [0.1, 0.15) is 5.60 Å². The predicted molar refractivity (Wildman–Crippen MR) is 136 cm³/mol. The van der Waals surface area contributed by atoms with Crippen molar-refractivity contribution in [1.82, 2.24) is 5.32 Å². The van der Waals surface area contributed by atoms with Crippen molar-refractivity contribution < 1.29 is 28.6 Å². The van der Waals surface area contributed by atoms with Crippen molar-refractivity contribution in [1.29, 1.82) is 0 Å². The Bertz CT molecular complexity index is 582. The van der Waals surface area contributed by atoms with Gasteiger partial charge in [0.2, 0.25) is 6.10 Å². The molecule has 0 saturated carbocycles. The van der Waals surface area contributed by atoms with Gasteiger partial charge >= 0.3 is 18.0 Å². The van der Waals surface area contributed by atoms with Crippen LogP contribution in [0.5, 0.6) is 0 Å². The van der Waals surface area contributed by atoms with Crippen molar-refractivity contribution in [3.05, 3.63) is 12.2 Å². The molecular weight excluding hydrogens is 434 g/mol. The molecule has 0 fully saturated rings. The van der Waals surface area contributed by atoms with Gasteiger partial charge in [-0.25, -0.2) is 9.59 Å². The number of unbranched alkanes of at least 4 members (excludes halogenated alkanes) is 11. The molecule has 0 radical (unpaired) electrons. The molecule has 7 heteroatoms. The van der Waals surface area contributed by atoms with Gasteiger partial charge in [-0.1, -0.05) is 70.4 Å². The SMILES string of the molecule is CCCCCCCC/C=C/CCCCCCCC(=O)OC(CNC(=O)OC(C)(C)C)C(=O)OC. The Labute approximate surface area is 207 Å². The molecule has 0 aromatic heterocycles. The third kappa shape index (κ3) is 20.5. The van der Waals surface area contributed by atoms with Crippen LogP contribution in [-0.2, 0) is 23.8 Å². The fraction of sp³-hybridized carbons (Fsp3) is 0.815. The molecule has 1 amide bonds. The fourth-order valence-corrected chi connectivity index (χ4v) is 3.35. The smallest absolute Gasteiger partial charge is 0.407 e. The molecule has 0 aromatic carbocycles. The number of hydrogen-bond acceptors (Lipinski definition) is 6.